The lowest BCUT2D eigenvalue weighted by atomic mass is 9.85. The van der Waals surface area contributed by atoms with Crippen molar-refractivity contribution in [2.75, 3.05) is 0 Å². The predicted molar refractivity (Wildman–Crippen MR) is 99.8 cm³/mol. The molecule has 112 valence electrons. The molecule has 1 heterocycles. The number of hydrogen-bond donors (Lipinski definition) is 1. The van der Waals surface area contributed by atoms with E-state index in [1.807, 2.05) is 0 Å². The molecule has 2 heteroatoms. The number of fused-ring (bicyclic) bond motifs is 1. The van der Waals surface area contributed by atoms with Crippen LogP contribution in [0.4, 0.5) is 0 Å². The van der Waals surface area contributed by atoms with Crippen LogP contribution < -0.4 is 0 Å². The summed E-state index contributed by atoms with van der Waals surface area (Å²) in [7, 11) is 0. The standard InChI is InChI=1S/C21H16BrN/c22-17-11-12-20-18(13-17)19(14-23-20)21(15-7-3-1-4-8-15)16-9-5-2-6-10-16/h1-14,21,23H. The lowest BCUT2D eigenvalue weighted by molar-refractivity contribution is 0.988. The minimum Gasteiger partial charge on any atom is -0.361 e. The van der Waals surface area contributed by atoms with Crippen molar-refractivity contribution in [2.45, 2.75) is 5.92 Å². The van der Waals surface area contributed by atoms with E-state index in [9.17, 15) is 0 Å². The van der Waals surface area contributed by atoms with Gasteiger partial charge in [0, 0.05) is 27.5 Å². The summed E-state index contributed by atoms with van der Waals surface area (Å²) in [6, 6.07) is 27.8. The average Bonchev–Trinajstić information content (AvgIpc) is 3.00. The third-order valence-electron chi connectivity index (χ3n) is 4.25. The number of aromatic amines is 1. The minimum absolute atomic E-state index is 0.223. The second-order valence-corrected chi connectivity index (χ2v) is 6.60. The van der Waals surface area contributed by atoms with Gasteiger partial charge in [-0.15, -0.1) is 0 Å². The summed E-state index contributed by atoms with van der Waals surface area (Å²) in [4.78, 5) is 3.41. The van der Waals surface area contributed by atoms with Crippen molar-refractivity contribution in [3.8, 4) is 0 Å². The predicted octanol–water partition coefficient (Wildman–Crippen LogP) is 6.11. The van der Waals surface area contributed by atoms with Crippen molar-refractivity contribution in [2.24, 2.45) is 0 Å². The third kappa shape index (κ3) is 2.71. The van der Waals surface area contributed by atoms with E-state index >= 15 is 0 Å². The summed E-state index contributed by atoms with van der Waals surface area (Å²) in [6.45, 7) is 0. The highest BCUT2D eigenvalue weighted by atomic mass is 79.9. The lowest BCUT2D eigenvalue weighted by Crippen LogP contribution is -2.02. The molecule has 0 aliphatic rings. The highest BCUT2D eigenvalue weighted by molar-refractivity contribution is 9.10. The van der Waals surface area contributed by atoms with Crippen LogP contribution in [0.1, 0.15) is 22.6 Å². The molecular formula is C21H16BrN. The molecule has 0 saturated carbocycles. The maximum absolute atomic E-state index is 3.60. The Morgan fingerprint density at radius 2 is 1.35 bits per heavy atom. The Bertz CT molecular complexity index is 886. The molecule has 0 bridgehead atoms. The second kappa shape index (κ2) is 6.05. The zero-order chi connectivity index (χ0) is 15.6. The highest BCUT2D eigenvalue weighted by Gasteiger charge is 2.19. The Balaban J connectivity index is 1.96. The highest BCUT2D eigenvalue weighted by Crippen LogP contribution is 2.36. The largest absolute Gasteiger partial charge is 0.361 e. The summed E-state index contributed by atoms with van der Waals surface area (Å²) < 4.78 is 1.10. The van der Waals surface area contributed by atoms with Gasteiger partial charge in [-0.25, -0.2) is 0 Å². The topological polar surface area (TPSA) is 15.8 Å². The zero-order valence-electron chi connectivity index (χ0n) is 12.5. The monoisotopic (exact) mass is 361 g/mol. The van der Waals surface area contributed by atoms with Crippen molar-refractivity contribution in [3.05, 3.63) is 106 Å². The molecule has 0 atom stereocenters. The fourth-order valence-electron chi connectivity index (χ4n) is 3.20. The normalized spacial score (nSPS) is 11.2. The van der Waals surface area contributed by atoms with Gasteiger partial charge in [0.15, 0.2) is 0 Å². The Kier molecular flexibility index (Phi) is 3.76. The molecule has 0 unspecified atom stereocenters. The Morgan fingerprint density at radius 1 is 0.739 bits per heavy atom. The van der Waals surface area contributed by atoms with Crippen LogP contribution in [-0.4, -0.2) is 4.98 Å². The van der Waals surface area contributed by atoms with E-state index in [-0.39, 0.29) is 5.92 Å². The van der Waals surface area contributed by atoms with Crippen LogP contribution in [0.2, 0.25) is 0 Å². The van der Waals surface area contributed by atoms with Crippen molar-refractivity contribution in [1.82, 2.24) is 4.98 Å². The van der Waals surface area contributed by atoms with E-state index < -0.39 is 0 Å². The molecule has 23 heavy (non-hydrogen) atoms. The average molecular weight is 362 g/mol. The van der Waals surface area contributed by atoms with Gasteiger partial charge in [-0.1, -0.05) is 76.6 Å². The Hall–Kier alpha value is -2.32. The van der Waals surface area contributed by atoms with E-state index in [1.165, 1.54) is 27.6 Å². The van der Waals surface area contributed by atoms with Crippen LogP contribution in [-0.2, 0) is 0 Å². The van der Waals surface area contributed by atoms with Crippen LogP contribution in [0.3, 0.4) is 0 Å². The van der Waals surface area contributed by atoms with E-state index in [0.717, 1.165) is 4.47 Å². The Morgan fingerprint density at radius 3 is 1.96 bits per heavy atom. The summed E-state index contributed by atoms with van der Waals surface area (Å²) in [5, 5.41) is 1.26. The molecule has 4 rings (SSSR count). The second-order valence-electron chi connectivity index (χ2n) is 5.69. The molecule has 0 aliphatic heterocycles. The molecule has 0 fully saturated rings. The Labute approximate surface area is 144 Å². The lowest BCUT2D eigenvalue weighted by Gasteiger charge is -2.18. The van der Waals surface area contributed by atoms with Gasteiger partial charge < -0.3 is 4.98 Å². The number of rotatable bonds is 3. The number of benzene rings is 3. The van der Waals surface area contributed by atoms with E-state index in [1.54, 1.807) is 0 Å². The molecule has 0 amide bonds. The third-order valence-corrected chi connectivity index (χ3v) is 4.75. The molecule has 1 aromatic heterocycles. The molecule has 0 radical (unpaired) electrons. The number of H-pyrrole nitrogens is 1. The zero-order valence-corrected chi connectivity index (χ0v) is 14.1. The smallest absolute Gasteiger partial charge is 0.0457 e. The summed E-state index contributed by atoms with van der Waals surface area (Å²) >= 11 is 3.60. The maximum Gasteiger partial charge on any atom is 0.0457 e. The van der Waals surface area contributed by atoms with Crippen LogP contribution >= 0.6 is 15.9 Å². The van der Waals surface area contributed by atoms with Crippen molar-refractivity contribution in [3.63, 3.8) is 0 Å². The number of nitrogens with one attached hydrogen (secondary N) is 1. The molecule has 1 nitrogen and oxygen atoms in total. The molecule has 4 aromatic rings. The molecular weight excluding hydrogens is 346 g/mol. The fourth-order valence-corrected chi connectivity index (χ4v) is 3.56. The SMILES string of the molecule is Brc1ccc2[nH]cc(C(c3ccccc3)c3ccccc3)c2c1. The minimum atomic E-state index is 0.223. The van der Waals surface area contributed by atoms with E-state index in [2.05, 4.69) is 106 Å². The van der Waals surface area contributed by atoms with E-state index in [4.69, 9.17) is 0 Å². The number of aromatic nitrogens is 1. The van der Waals surface area contributed by atoms with Crippen LogP contribution in [0.15, 0.2) is 89.5 Å². The van der Waals surface area contributed by atoms with Gasteiger partial charge in [0.25, 0.3) is 0 Å². The first-order valence-electron chi connectivity index (χ1n) is 7.69. The molecule has 0 spiro atoms. The van der Waals surface area contributed by atoms with Gasteiger partial charge >= 0.3 is 0 Å². The molecule has 0 saturated heterocycles. The molecule has 3 aromatic carbocycles. The number of hydrogen-bond acceptors (Lipinski definition) is 0. The van der Waals surface area contributed by atoms with Crippen LogP contribution in [0.5, 0.6) is 0 Å². The van der Waals surface area contributed by atoms with Gasteiger partial charge in [0.05, 0.1) is 0 Å². The molecule has 0 aliphatic carbocycles. The fraction of sp³-hybridized carbons (Fsp3) is 0.0476. The first-order chi connectivity index (χ1) is 11.3. The number of halogens is 1. The molecule has 1 N–H and O–H groups in total. The summed E-state index contributed by atoms with van der Waals surface area (Å²) in [5.74, 6) is 0.223. The van der Waals surface area contributed by atoms with Gasteiger partial charge in [-0.2, -0.15) is 0 Å². The van der Waals surface area contributed by atoms with Crippen molar-refractivity contribution in [1.29, 1.82) is 0 Å². The van der Waals surface area contributed by atoms with Gasteiger partial charge in [-0.3, -0.25) is 0 Å². The van der Waals surface area contributed by atoms with Gasteiger partial charge in [0.2, 0.25) is 0 Å². The van der Waals surface area contributed by atoms with Gasteiger partial charge in [0.1, 0.15) is 0 Å². The van der Waals surface area contributed by atoms with Crippen LogP contribution in [0.25, 0.3) is 10.9 Å². The summed E-state index contributed by atoms with van der Waals surface area (Å²) in [5.41, 5.74) is 5.08. The summed E-state index contributed by atoms with van der Waals surface area (Å²) in [6.07, 6.45) is 2.14. The van der Waals surface area contributed by atoms with E-state index in [0.29, 0.717) is 0 Å². The van der Waals surface area contributed by atoms with Gasteiger partial charge in [-0.05, 0) is 34.9 Å². The maximum atomic E-state index is 3.60. The quantitative estimate of drug-likeness (QED) is 0.453. The van der Waals surface area contributed by atoms with Crippen molar-refractivity contribution >= 4 is 26.8 Å². The first kappa shape index (κ1) is 14.3. The van der Waals surface area contributed by atoms with Crippen LogP contribution in [0, 0.1) is 0 Å². The first-order valence-corrected chi connectivity index (χ1v) is 8.48. The van der Waals surface area contributed by atoms with Crippen molar-refractivity contribution < 1.29 is 0 Å².